The number of carbonyl (C=O) groups is 2. The second-order valence-electron chi connectivity index (χ2n) is 5.60. The van der Waals surface area contributed by atoms with Gasteiger partial charge in [-0.2, -0.15) is 0 Å². The quantitative estimate of drug-likeness (QED) is 0.198. The fourth-order valence-corrected chi connectivity index (χ4v) is 2.23. The highest BCUT2D eigenvalue weighted by Gasteiger charge is 2.22. The van der Waals surface area contributed by atoms with Crippen molar-refractivity contribution in [2.45, 2.75) is 0 Å². The molecule has 0 bridgehead atoms. The molecule has 152 valence electrons. The van der Waals surface area contributed by atoms with Crippen LogP contribution in [0.15, 0.2) is 36.4 Å². The van der Waals surface area contributed by atoms with E-state index in [0.29, 0.717) is 45.4 Å². The molecule has 1 aromatic carbocycles. The van der Waals surface area contributed by atoms with Gasteiger partial charge in [-0.05, 0) is 12.1 Å². The van der Waals surface area contributed by atoms with Gasteiger partial charge in [0.25, 0.3) is 17.5 Å². The molecule has 1 aromatic rings. The van der Waals surface area contributed by atoms with Crippen molar-refractivity contribution < 1.29 is 33.5 Å². The van der Waals surface area contributed by atoms with Gasteiger partial charge in [-0.3, -0.25) is 24.6 Å². The average Bonchev–Trinajstić information content (AvgIpc) is 3.01. The zero-order valence-electron chi connectivity index (χ0n) is 15.3. The highest BCUT2D eigenvalue weighted by atomic mass is 16.6. The molecule has 1 aliphatic rings. The summed E-state index contributed by atoms with van der Waals surface area (Å²) >= 11 is 0. The van der Waals surface area contributed by atoms with Crippen LogP contribution < -0.4 is 4.74 Å². The van der Waals surface area contributed by atoms with Gasteiger partial charge in [-0.1, -0.05) is 0 Å². The van der Waals surface area contributed by atoms with E-state index in [1.165, 1.54) is 36.4 Å². The Hall–Kier alpha value is -2.82. The molecule has 10 heteroatoms. The number of carbonyl (C=O) groups excluding carboxylic acids is 2. The van der Waals surface area contributed by atoms with Crippen LogP contribution >= 0.6 is 0 Å². The molecule has 0 saturated carbocycles. The standard InChI is InChI=1S/C18H22N2O8/c21-17-5-6-18(22)19(17)7-8-25-9-10-26-11-12-27-13-14-28-16-3-1-15(2-4-16)20(23)24/h1-6H,7-14H2. The van der Waals surface area contributed by atoms with Crippen LogP contribution in [0.1, 0.15) is 0 Å². The Morgan fingerprint density at radius 3 is 1.82 bits per heavy atom. The van der Waals surface area contributed by atoms with Crippen LogP contribution in [0.3, 0.4) is 0 Å². The second kappa shape index (κ2) is 11.8. The summed E-state index contributed by atoms with van der Waals surface area (Å²) in [6.07, 6.45) is 2.48. The third kappa shape index (κ3) is 7.43. The van der Waals surface area contributed by atoms with Gasteiger partial charge in [0.1, 0.15) is 12.4 Å². The van der Waals surface area contributed by atoms with Crippen molar-refractivity contribution in [3.8, 4) is 5.75 Å². The fourth-order valence-electron chi connectivity index (χ4n) is 2.23. The Labute approximate surface area is 161 Å². The Balaban J connectivity index is 1.37. The maximum atomic E-state index is 11.3. The second-order valence-corrected chi connectivity index (χ2v) is 5.60. The third-order valence-corrected chi connectivity index (χ3v) is 3.65. The molecular formula is C18H22N2O8. The number of hydrogen-bond acceptors (Lipinski definition) is 8. The van der Waals surface area contributed by atoms with Crippen molar-refractivity contribution in [3.63, 3.8) is 0 Å². The number of nitro groups is 1. The molecule has 0 saturated heterocycles. The van der Waals surface area contributed by atoms with E-state index >= 15 is 0 Å². The molecular weight excluding hydrogens is 372 g/mol. The summed E-state index contributed by atoms with van der Waals surface area (Å²) in [5.74, 6) is -0.102. The van der Waals surface area contributed by atoms with E-state index in [-0.39, 0.29) is 30.7 Å². The predicted octanol–water partition coefficient (Wildman–Crippen LogP) is 0.948. The van der Waals surface area contributed by atoms with Gasteiger partial charge >= 0.3 is 0 Å². The first-order valence-corrected chi connectivity index (χ1v) is 8.72. The van der Waals surface area contributed by atoms with Crippen molar-refractivity contribution in [3.05, 3.63) is 46.5 Å². The molecule has 28 heavy (non-hydrogen) atoms. The van der Waals surface area contributed by atoms with Gasteiger partial charge in [-0.25, -0.2) is 0 Å². The maximum absolute atomic E-state index is 11.3. The lowest BCUT2D eigenvalue weighted by molar-refractivity contribution is -0.384. The molecule has 0 aliphatic carbocycles. The van der Waals surface area contributed by atoms with Crippen molar-refractivity contribution in [1.82, 2.24) is 4.90 Å². The molecule has 0 radical (unpaired) electrons. The Morgan fingerprint density at radius 1 is 0.786 bits per heavy atom. The van der Waals surface area contributed by atoms with Crippen molar-refractivity contribution in [1.29, 1.82) is 0 Å². The first-order chi connectivity index (χ1) is 13.6. The number of imide groups is 1. The summed E-state index contributed by atoms with van der Waals surface area (Å²) in [7, 11) is 0. The number of nitro benzene ring substituents is 1. The van der Waals surface area contributed by atoms with Crippen molar-refractivity contribution >= 4 is 17.5 Å². The van der Waals surface area contributed by atoms with E-state index in [1.54, 1.807) is 0 Å². The molecule has 1 aliphatic heterocycles. The van der Waals surface area contributed by atoms with Crippen molar-refractivity contribution in [2.24, 2.45) is 0 Å². The highest BCUT2D eigenvalue weighted by Crippen LogP contribution is 2.17. The topological polar surface area (TPSA) is 117 Å². The van der Waals surface area contributed by atoms with Gasteiger partial charge in [-0.15, -0.1) is 0 Å². The molecule has 2 rings (SSSR count). The van der Waals surface area contributed by atoms with Crippen LogP contribution in [0.5, 0.6) is 5.75 Å². The molecule has 0 fully saturated rings. The minimum atomic E-state index is -0.467. The number of ether oxygens (including phenoxy) is 4. The smallest absolute Gasteiger partial charge is 0.269 e. The monoisotopic (exact) mass is 394 g/mol. The van der Waals surface area contributed by atoms with Crippen molar-refractivity contribution in [2.75, 3.05) is 52.8 Å². The molecule has 0 unspecified atom stereocenters. The largest absolute Gasteiger partial charge is 0.491 e. The average molecular weight is 394 g/mol. The SMILES string of the molecule is O=C1C=CC(=O)N1CCOCCOCCOCCOc1ccc([N+](=O)[O-])cc1. The Morgan fingerprint density at radius 2 is 1.29 bits per heavy atom. The molecule has 0 N–H and O–H groups in total. The van der Waals surface area contributed by atoms with Crippen LogP contribution in [0.2, 0.25) is 0 Å². The Bertz CT molecular complexity index is 671. The zero-order chi connectivity index (χ0) is 20.2. The number of amides is 2. The molecule has 10 nitrogen and oxygen atoms in total. The molecule has 0 aromatic heterocycles. The minimum Gasteiger partial charge on any atom is -0.491 e. The van der Waals surface area contributed by atoms with E-state index in [9.17, 15) is 19.7 Å². The zero-order valence-corrected chi connectivity index (χ0v) is 15.3. The van der Waals surface area contributed by atoms with Crippen LogP contribution in [0, 0.1) is 10.1 Å². The van der Waals surface area contributed by atoms with E-state index in [4.69, 9.17) is 18.9 Å². The summed E-state index contributed by atoms with van der Waals surface area (Å²) in [6.45, 7) is 2.70. The van der Waals surface area contributed by atoms with Crippen LogP contribution in [0.25, 0.3) is 0 Å². The predicted molar refractivity (Wildman–Crippen MR) is 96.9 cm³/mol. The first-order valence-electron chi connectivity index (χ1n) is 8.72. The van der Waals surface area contributed by atoms with E-state index in [0.717, 1.165) is 4.90 Å². The molecule has 0 atom stereocenters. The summed E-state index contributed by atoms with van der Waals surface area (Å²) in [6, 6.07) is 5.83. The Kier molecular flexibility index (Phi) is 9.05. The fraction of sp³-hybridized carbons (Fsp3) is 0.444. The summed E-state index contributed by atoms with van der Waals surface area (Å²) < 4.78 is 21.4. The minimum absolute atomic E-state index is 0.0137. The summed E-state index contributed by atoms with van der Waals surface area (Å²) in [5, 5.41) is 10.5. The maximum Gasteiger partial charge on any atom is 0.269 e. The normalized spacial score (nSPS) is 13.4. The van der Waals surface area contributed by atoms with Gasteiger partial charge < -0.3 is 18.9 Å². The number of hydrogen-bond donors (Lipinski definition) is 0. The van der Waals surface area contributed by atoms with E-state index in [1.807, 2.05) is 0 Å². The van der Waals surface area contributed by atoms with Crippen LogP contribution in [-0.2, 0) is 23.8 Å². The van der Waals surface area contributed by atoms with E-state index in [2.05, 4.69) is 0 Å². The number of nitrogens with zero attached hydrogens (tertiary/aromatic N) is 2. The number of benzene rings is 1. The molecule has 2 amide bonds. The summed E-state index contributed by atoms with van der Waals surface area (Å²) in [5.41, 5.74) is 0.0137. The first kappa shape index (κ1) is 21.5. The lowest BCUT2D eigenvalue weighted by atomic mass is 10.3. The van der Waals surface area contributed by atoms with E-state index < -0.39 is 4.92 Å². The highest BCUT2D eigenvalue weighted by molar-refractivity contribution is 6.12. The van der Waals surface area contributed by atoms with Gasteiger partial charge in [0.15, 0.2) is 0 Å². The number of rotatable bonds is 14. The van der Waals surface area contributed by atoms with Gasteiger partial charge in [0.05, 0.1) is 51.1 Å². The van der Waals surface area contributed by atoms with Gasteiger partial charge in [0.2, 0.25) is 0 Å². The molecule has 1 heterocycles. The lowest BCUT2D eigenvalue weighted by Crippen LogP contribution is -2.33. The van der Waals surface area contributed by atoms with Crippen LogP contribution in [0.4, 0.5) is 5.69 Å². The lowest BCUT2D eigenvalue weighted by Gasteiger charge is -2.13. The van der Waals surface area contributed by atoms with Crippen LogP contribution in [-0.4, -0.2) is 74.4 Å². The summed E-state index contributed by atoms with van der Waals surface area (Å²) in [4.78, 5) is 33.8. The molecule has 0 spiro atoms. The van der Waals surface area contributed by atoms with Gasteiger partial charge in [0, 0.05) is 24.3 Å². The number of non-ortho nitro benzene ring substituents is 1. The third-order valence-electron chi connectivity index (χ3n) is 3.65.